The van der Waals surface area contributed by atoms with Gasteiger partial charge in [0.2, 0.25) is 0 Å². The van der Waals surface area contributed by atoms with Crippen molar-refractivity contribution in [3.63, 3.8) is 0 Å². The number of thiophene rings is 1. The van der Waals surface area contributed by atoms with E-state index in [2.05, 4.69) is 21.7 Å². The molecule has 0 saturated carbocycles. The molecule has 0 bridgehead atoms. The van der Waals surface area contributed by atoms with Gasteiger partial charge in [-0.15, -0.1) is 11.3 Å². The predicted octanol–water partition coefficient (Wildman–Crippen LogP) is 3.02. The van der Waals surface area contributed by atoms with E-state index in [4.69, 9.17) is 9.72 Å². The van der Waals surface area contributed by atoms with Crippen LogP contribution in [0.5, 0.6) is 0 Å². The first-order chi connectivity index (χ1) is 12.0. The molecule has 7 heteroatoms. The summed E-state index contributed by atoms with van der Waals surface area (Å²) in [6, 6.07) is 0. The highest BCUT2D eigenvalue weighted by atomic mass is 32.1. The van der Waals surface area contributed by atoms with Gasteiger partial charge in [0.25, 0.3) is 0 Å². The molecule has 2 aromatic rings. The lowest BCUT2D eigenvalue weighted by Crippen LogP contribution is -2.31. The van der Waals surface area contributed by atoms with Crippen molar-refractivity contribution in [2.75, 3.05) is 44.7 Å². The van der Waals surface area contributed by atoms with E-state index in [-0.39, 0.29) is 5.97 Å². The minimum atomic E-state index is -0.297. The minimum Gasteiger partial charge on any atom is -0.465 e. The van der Waals surface area contributed by atoms with Crippen molar-refractivity contribution in [2.45, 2.75) is 33.6 Å². The number of hydrogen-bond donors (Lipinski definition) is 0. The molecule has 3 rings (SSSR count). The summed E-state index contributed by atoms with van der Waals surface area (Å²) in [5, 5.41) is 1.000. The van der Waals surface area contributed by atoms with Crippen molar-refractivity contribution in [1.29, 1.82) is 0 Å². The standard InChI is InChI=1S/C18H26N4O2S/c1-5-7-21-8-6-9-22(11-10-21)16-14-12(2)15(18(23)24-4)25-17(14)20-13(3)19-16/h5-11H2,1-4H3. The summed E-state index contributed by atoms with van der Waals surface area (Å²) >= 11 is 1.40. The Hall–Kier alpha value is -1.73. The van der Waals surface area contributed by atoms with E-state index < -0.39 is 0 Å². The lowest BCUT2D eigenvalue weighted by molar-refractivity contribution is 0.0605. The van der Waals surface area contributed by atoms with Crippen LogP contribution in [0.25, 0.3) is 10.2 Å². The fraction of sp³-hybridized carbons (Fsp3) is 0.611. The summed E-state index contributed by atoms with van der Waals surface area (Å²) < 4.78 is 4.93. The Labute approximate surface area is 152 Å². The van der Waals surface area contributed by atoms with Crippen LogP contribution in [0.15, 0.2) is 0 Å². The SMILES string of the molecule is CCCN1CCCN(c2nc(C)nc3sc(C(=O)OC)c(C)c23)CC1. The Morgan fingerprint density at radius 3 is 2.72 bits per heavy atom. The molecular weight excluding hydrogens is 336 g/mol. The van der Waals surface area contributed by atoms with Crippen LogP contribution in [0.1, 0.15) is 40.8 Å². The molecule has 1 aliphatic heterocycles. The van der Waals surface area contributed by atoms with Crippen LogP contribution >= 0.6 is 11.3 Å². The van der Waals surface area contributed by atoms with Crippen LogP contribution < -0.4 is 4.90 Å². The van der Waals surface area contributed by atoms with Crippen LogP contribution in [0.3, 0.4) is 0 Å². The second kappa shape index (κ2) is 7.66. The van der Waals surface area contributed by atoms with E-state index in [0.717, 1.165) is 66.6 Å². The normalized spacial score (nSPS) is 16.2. The van der Waals surface area contributed by atoms with E-state index >= 15 is 0 Å². The van der Waals surface area contributed by atoms with Crippen LogP contribution in [-0.4, -0.2) is 60.7 Å². The van der Waals surface area contributed by atoms with E-state index in [1.54, 1.807) is 0 Å². The molecule has 25 heavy (non-hydrogen) atoms. The van der Waals surface area contributed by atoms with Crippen molar-refractivity contribution in [3.8, 4) is 0 Å². The fourth-order valence-corrected chi connectivity index (χ4v) is 4.60. The monoisotopic (exact) mass is 362 g/mol. The predicted molar refractivity (Wildman–Crippen MR) is 102 cm³/mol. The molecule has 0 amide bonds. The third-order valence-electron chi connectivity index (χ3n) is 4.68. The maximum absolute atomic E-state index is 12.1. The van der Waals surface area contributed by atoms with Gasteiger partial charge in [0.05, 0.1) is 12.5 Å². The molecule has 2 aromatic heterocycles. The van der Waals surface area contributed by atoms with Crippen molar-refractivity contribution in [3.05, 3.63) is 16.3 Å². The smallest absolute Gasteiger partial charge is 0.348 e. The summed E-state index contributed by atoms with van der Waals surface area (Å²) in [6.45, 7) is 11.4. The minimum absolute atomic E-state index is 0.297. The van der Waals surface area contributed by atoms with Gasteiger partial charge in [-0.3, -0.25) is 0 Å². The number of rotatable bonds is 4. The molecule has 136 valence electrons. The summed E-state index contributed by atoms with van der Waals surface area (Å²) in [5.41, 5.74) is 0.927. The number of methoxy groups -OCH3 is 1. The van der Waals surface area contributed by atoms with Crippen LogP contribution in [0.4, 0.5) is 5.82 Å². The van der Waals surface area contributed by atoms with E-state index in [0.29, 0.717) is 4.88 Å². The van der Waals surface area contributed by atoms with Gasteiger partial charge in [-0.2, -0.15) is 0 Å². The Morgan fingerprint density at radius 2 is 2.00 bits per heavy atom. The lowest BCUT2D eigenvalue weighted by Gasteiger charge is -2.23. The number of aromatic nitrogens is 2. The molecule has 1 saturated heterocycles. The molecule has 0 atom stereocenters. The van der Waals surface area contributed by atoms with Gasteiger partial charge in [0.15, 0.2) is 0 Å². The number of hydrogen-bond acceptors (Lipinski definition) is 7. The van der Waals surface area contributed by atoms with Gasteiger partial charge in [-0.05, 0) is 45.3 Å². The number of fused-ring (bicyclic) bond motifs is 1. The Kier molecular flexibility index (Phi) is 5.54. The first kappa shape index (κ1) is 18.1. The number of nitrogens with zero attached hydrogens (tertiary/aromatic N) is 4. The van der Waals surface area contributed by atoms with Crippen molar-refractivity contribution in [2.24, 2.45) is 0 Å². The van der Waals surface area contributed by atoms with Crippen LogP contribution in [0, 0.1) is 13.8 Å². The fourth-order valence-electron chi connectivity index (χ4n) is 3.46. The van der Waals surface area contributed by atoms with Gasteiger partial charge >= 0.3 is 5.97 Å². The second-order valence-corrected chi connectivity index (χ2v) is 7.50. The average molecular weight is 362 g/mol. The van der Waals surface area contributed by atoms with Gasteiger partial charge in [-0.25, -0.2) is 14.8 Å². The first-order valence-corrected chi connectivity index (χ1v) is 9.70. The molecular formula is C18H26N4O2S. The van der Waals surface area contributed by atoms with Crippen molar-refractivity contribution in [1.82, 2.24) is 14.9 Å². The zero-order valence-corrected chi connectivity index (χ0v) is 16.3. The number of carbonyl (C=O) groups excluding carboxylic acids is 1. The summed E-state index contributed by atoms with van der Waals surface area (Å²) in [4.78, 5) is 27.7. The number of aryl methyl sites for hydroxylation is 2. The topological polar surface area (TPSA) is 58.6 Å². The first-order valence-electron chi connectivity index (χ1n) is 8.88. The van der Waals surface area contributed by atoms with E-state index in [9.17, 15) is 4.79 Å². The zero-order chi connectivity index (χ0) is 18.0. The molecule has 3 heterocycles. The van der Waals surface area contributed by atoms with Gasteiger partial charge < -0.3 is 14.5 Å². The second-order valence-electron chi connectivity index (χ2n) is 6.50. The van der Waals surface area contributed by atoms with Crippen molar-refractivity contribution < 1.29 is 9.53 Å². The highest BCUT2D eigenvalue weighted by Gasteiger charge is 2.24. The number of anilines is 1. The van der Waals surface area contributed by atoms with E-state index in [1.807, 2.05) is 13.8 Å². The molecule has 1 aliphatic rings. The Bertz CT molecular complexity index is 774. The summed E-state index contributed by atoms with van der Waals surface area (Å²) in [7, 11) is 1.42. The molecule has 0 spiro atoms. The molecule has 0 aliphatic carbocycles. The highest BCUT2D eigenvalue weighted by molar-refractivity contribution is 7.20. The maximum Gasteiger partial charge on any atom is 0.348 e. The van der Waals surface area contributed by atoms with Gasteiger partial charge in [-0.1, -0.05) is 6.92 Å². The summed E-state index contributed by atoms with van der Waals surface area (Å²) in [5.74, 6) is 1.41. The van der Waals surface area contributed by atoms with Gasteiger partial charge in [0.1, 0.15) is 21.3 Å². The number of ether oxygens (including phenoxy) is 1. The molecule has 0 unspecified atom stereocenters. The molecule has 1 fully saturated rings. The molecule has 6 nitrogen and oxygen atoms in total. The number of carbonyl (C=O) groups is 1. The highest BCUT2D eigenvalue weighted by Crippen LogP contribution is 2.36. The quantitative estimate of drug-likeness (QED) is 0.779. The van der Waals surface area contributed by atoms with Crippen LogP contribution in [-0.2, 0) is 4.74 Å². The Morgan fingerprint density at radius 1 is 1.20 bits per heavy atom. The lowest BCUT2D eigenvalue weighted by atomic mass is 10.2. The third kappa shape index (κ3) is 3.62. The molecule has 0 radical (unpaired) electrons. The third-order valence-corrected chi connectivity index (χ3v) is 5.85. The van der Waals surface area contributed by atoms with Crippen molar-refractivity contribution >= 4 is 33.3 Å². The van der Waals surface area contributed by atoms with Crippen LogP contribution in [0.2, 0.25) is 0 Å². The molecule has 0 aromatic carbocycles. The Balaban J connectivity index is 2.00. The summed E-state index contributed by atoms with van der Waals surface area (Å²) in [6.07, 6.45) is 2.31. The zero-order valence-electron chi connectivity index (χ0n) is 15.5. The van der Waals surface area contributed by atoms with Gasteiger partial charge in [0, 0.05) is 19.6 Å². The molecule has 0 N–H and O–H groups in total. The average Bonchev–Trinajstić information content (AvgIpc) is 2.78. The van der Waals surface area contributed by atoms with E-state index in [1.165, 1.54) is 24.9 Å². The largest absolute Gasteiger partial charge is 0.465 e. The number of esters is 1. The maximum atomic E-state index is 12.1.